The van der Waals surface area contributed by atoms with Gasteiger partial charge in [0.05, 0.1) is 0 Å². The quantitative estimate of drug-likeness (QED) is 0.725. The van der Waals surface area contributed by atoms with Crippen molar-refractivity contribution in [2.75, 3.05) is 18.4 Å². The van der Waals surface area contributed by atoms with E-state index in [2.05, 4.69) is 57.4 Å². The summed E-state index contributed by atoms with van der Waals surface area (Å²) in [6.07, 6.45) is 4.02. The molecule has 2 aromatic heterocycles. The third-order valence-corrected chi connectivity index (χ3v) is 5.46. The van der Waals surface area contributed by atoms with Gasteiger partial charge < -0.3 is 5.32 Å². The van der Waals surface area contributed by atoms with E-state index in [4.69, 9.17) is 4.98 Å². The summed E-state index contributed by atoms with van der Waals surface area (Å²) in [5, 5.41) is 3.68. The normalized spacial score (nSPS) is 15.5. The van der Waals surface area contributed by atoms with E-state index in [0.717, 1.165) is 55.2 Å². The highest BCUT2D eigenvalue weighted by Gasteiger charge is 2.21. The Morgan fingerprint density at radius 2 is 1.71 bits per heavy atom. The van der Waals surface area contributed by atoms with Crippen LogP contribution in [0.15, 0.2) is 54.7 Å². The maximum Gasteiger partial charge on any atom is 0.180 e. The third-order valence-electron chi connectivity index (χ3n) is 5.46. The number of nitrogens with one attached hydrogen (secondary N) is 1. The molecule has 0 aliphatic carbocycles. The van der Waals surface area contributed by atoms with Crippen molar-refractivity contribution in [2.24, 2.45) is 0 Å². The molecule has 4 rings (SSSR count). The summed E-state index contributed by atoms with van der Waals surface area (Å²) in [7, 11) is 0. The van der Waals surface area contributed by atoms with E-state index in [1.54, 1.807) is 6.20 Å². The van der Waals surface area contributed by atoms with Crippen LogP contribution in [0.25, 0.3) is 11.5 Å². The molecule has 0 bridgehead atoms. The van der Waals surface area contributed by atoms with Crippen LogP contribution in [0.4, 0.5) is 5.82 Å². The zero-order valence-electron chi connectivity index (χ0n) is 16.6. The molecule has 3 heterocycles. The summed E-state index contributed by atoms with van der Waals surface area (Å²) in [5.74, 6) is 1.63. The number of aryl methyl sites for hydroxylation is 1. The van der Waals surface area contributed by atoms with E-state index in [1.165, 1.54) is 5.56 Å². The molecule has 0 unspecified atom stereocenters. The van der Waals surface area contributed by atoms with Crippen LogP contribution in [-0.2, 0) is 6.54 Å². The first-order valence-corrected chi connectivity index (χ1v) is 9.98. The first-order valence-electron chi connectivity index (χ1n) is 9.98. The molecular weight excluding hydrogens is 346 g/mol. The van der Waals surface area contributed by atoms with Crippen molar-refractivity contribution in [3.8, 4) is 11.5 Å². The molecule has 28 heavy (non-hydrogen) atoms. The maximum atomic E-state index is 4.79. The minimum atomic E-state index is 0.441. The Kier molecular flexibility index (Phi) is 5.63. The van der Waals surface area contributed by atoms with Gasteiger partial charge in [0.1, 0.15) is 11.5 Å². The minimum absolute atomic E-state index is 0.441. The smallest absolute Gasteiger partial charge is 0.180 e. The average molecular weight is 374 g/mol. The largest absolute Gasteiger partial charge is 0.367 e. The molecule has 0 radical (unpaired) electrons. The SMILES string of the molecule is Cc1nc(-c2ccccn2)nc(NC2CCN(Cc3ccccc3)CC2)c1C. The number of aromatic nitrogens is 3. The number of anilines is 1. The predicted octanol–water partition coefficient (Wildman–Crippen LogP) is 4.23. The van der Waals surface area contributed by atoms with Gasteiger partial charge in [-0.25, -0.2) is 9.97 Å². The van der Waals surface area contributed by atoms with Gasteiger partial charge in [0.25, 0.3) is 0 Å². The second-order valence-electron chi connectivity index (χ2n) is 7.50. The summed E-state index contributed by atoms with van der Waals surface area (Å²) in [6.45, 7) is 7.36. The summed E-state index contributed by atoms with van der Waals surface area (Å²) in [4.78, 5) is 16.4. The zero-order valence-corrected chi connectivity index (χ0v) is 16.6. The van der Waals surface area contributed by atoms with Gasteiger partial charge in [-0.3, -0.25) is 9.88 Å². The van der Waals surface area contributed by atoms with Crippen molar-refractivity contribution in [1.29, 1.82) is 0 Å². The lowest BCUT2D eigenvalue weighted by Gasteiger charge is -2.33. The minimum Gasteiger partial charge on any atom is -0.367 e. The van der Waals surface area contributed by atoms with E-state index in [9.17, 15) is 0 Å². The van der Waals surface area contributed by atoms with E-state index in [-0.39, 0.29) is 0 Å². The van der Waals surface area contributed by atoms with Crippen LogP contribution >= 0.6 is 0 Å². The Morgan fingerprint density at radius 1 is 0.964 bits per heavy atom. The molecule has 144 valence electrons. The number of nitrogens with zero attached hydrogens (tertiary/aromatic N) is 4. The predicted molar refractivity (Wildman–Crippen MR) is 113 cm³/mol. The molecular formula is C23H27N5. The Labute approximate surface area is 166 Å². The molecule has 3 aromatic rings. The highest BCUT2D eigenvalue weighted by Crippen LogP contribution is 2.23. The lowest BCUT2D eigenvalue weighted by atomic mass is 10.0. The molecule has 0 atom stereocenters. The van der Waals surface area contributed by atoms with E-state index in [0.29, 0.717) is 11.9 Å². The average Bonchev–Trinajstić information content (AvgIpc) is 2.74. The maximum absolute atomic E-state index is 4.79. The molecule has 1 aromatic carbocycles. The van der Waals surface area contributed by atoms with E-state index in [1.807, 2.05) is 25.1 Å². The molecule has 1 aliphatic rings. The van der Waals surface area contributed by atoms with Crippen molar-refractivity contribution in [3.63, 3.8) is 0 Å². The monoisotopic (exact) mass is 373 g/mol. The fraction of sp³-hybridized carbons (Fsp3) is 0.348. The summed E-state index contributed by atoms with van der Waals surface area (Å²) in [5.41, 5.74) is 4.31. The first-order chi connectivity index (χ1) is 13.7. The second kappa shape index (κ2) is 8.48. The number of pyridine rings is 1. The van der Waals surface area contributed by atoms with Gasteiger partial charge in [-0.1, -0.05) is 36.4 Å². The van der Waals surface area contributed by atoms with Crippen molar-refractivity contribution in [3.05, 3.63) is 71.5 Å². The summed E-state index contributed by atoms with van der Waals surface area (Å²) >= 11 is 0. The number of rotatable bonds is 5. The topological polar surface area (TPSA) is 53.9 Å². The van der Waals surface area contributed by atoms with Crippen LogP contribution in [0, 0.1) is 13.8 Å². The van der Waals surface area contributed by atoms with Crippen LogP contribution in [0.1, 0.15) is 29.7 Å². The number of hydrogen-bond acceptors (Lipinski definition) is 5. The van der Waals surface area contributed by atoms with Gasteiger partial charge in [0.15, 0.2) is 5.82 Å². The Morgan fingerprint density at radius 3 is 2.43 bits per heavy atom. The lowest BCUT2D eigenvalue weighted by molar-refractivity contribution is 0.211. The Hall–Kier alpha value is -2.79. The molecule has 5 nitrogen and oxygen atoms in total. The standard InChI is InChI=1S/C23H27N5/c1-17-18(2)25-23(21-10-6-7-13-24-21)27-22(17)26-20-11-14-28(15-12-20)16-19-8-4-3-5-9-19/h3-10,13,20H,11-12,14-16H2,1-2H3,(H,25,26,27). The molecule has 0 amide bonds. The van der Waals surface area contributed by atoms with Gasteiger partial charge in [-0.05, 0) is 44.4 Å². The van der Waals surface area contributed by atoms with Gasteiger partial charge in [0, 0.05) is 43.1 Å². The summed E-state index contributed by atoms with van der Waals surface area (Å²) < 4.78 is 0. The van der Waals surface area contributed by atoms with Crippen LogP contribution in [0.3, 0.4) is 0 Å². The second-order valence-corrected chi connectivity index (χ2v) is 7.50. The van der Waals surface area contributed by atoms with Crippen molar-refractivity contribution >= 4 is 5.82 Å². The van der Waals surface area contributed by atoms with E-state index < -0.39 is 0 Å². The molecule has 1 saturated heterocycles. The van der Waals surface area contributed by atoms with Gasteiger partial charge in [0.2, 0.25) is 0 Å². The third kappa shape index (κ3) is 4.37. The van der Waals surface area contributed by atoms with Crippen LogP contribution in [0.2, 0.25) is 0 Å². The van der Waals surface area contributed by atoms with Crippen LogP contribution in [-0.4, -0.2) is 39.0 Å². The Balaban J connectivity index is 1.41. The van der Waals surface area contributed by atoms with E-state index >= 15 is 0 Å². The summed E-state index contributed by atoms with van der Waals surface area (Å²) in [6, 6.07) is 17.0. The lowest BCUT2D eigenvalue weighted by Crippen LogP contribution is -2.39. The number of likely N-dealkylation sites (tertiary alicyclic amines) is 1. The number of piperidine rings is 1. The molecule has 5 heteroatoms. The zero-order chi connectivity index (χ0) is 19.3. The fourth-order valence-electron chi connectivity index (χ4n) is 3.65. The van der Waals surface area contributed by atoms with Crippen molar-refractivity contribution < 1.29 is 0 Å². The molecule has 1 fully saturated rings. The molecule has 1 N–H and O–H groups in total. The fourth-order valence-corrected chi connectivity index (χ4v) is 3.65. The first kappa shape index (κ1) is 18.6. The molecule has 0 saturated carbocycles. The Bertz CT molecular complexity index is 903. The van der Waals surface area contributed by atoms with Crippen LogP contribution in [0.5, 0.6) is 0 Å². The molecule has 0 spiro atoms. The number of hydrogen-bond donors (Lipinski definition) is 1. The van der Waals surface area contributed by atoms with Gasteiger partial charge in [-0.2, -0.15) is 0 Å². The van der Waals surface area contributed by atoms with Gasteiger partial charge >= 0.3 is 0 Å². The molecule has 1 aliphatic heterocycles. The number of benzene rings is 1. The highest BCUT2D eigenvalue weighted by molar-refractivity contribution is 5.56. The highest BCUT2D eigenvalue weighted by atomic mass is 15.2. The van der Waals surface area contributed by atoms with Crippen molar-refractivity contribution in [1.82, 2.24) is 19.9 Å². The van der Waals surface area contributed by atoms with Crippen LogP contribution < -0.4 is 5.32 Å². The van der Waals surface area contributed by atoms with Gasteiger partial charge in [-0.15, -0.1) is 0 Å². The van der Waals surface area contributed by atoms with Crippen molar-refractivity contribution in [2.45, 2.75) is 39.3 Å².